The van der Waals surface area contributed by atoms with Crippen LogP contribution >= 0.6 is 11.3 Å². The first-order valence-corrected chi connectivity index (χ1v) is 8.89. The van der Waals surface area contributed by atoms with Crippen molar-refractivity contribution in [2.24, 2.45) is 0 Å². The fourth-order valence-electron chi connectivity index (χ4n) is 2.89. The summed E-state index contributed by atoms with van der Waals surface area (Å²) >= 11 is 1.62. The zero-order chi connectivity index (χ0) is 15.4. The highest BCUT2D eigenvalue weighted by Crippen LogP contribution is 2.25. The van der Waals surface area contributed by atoms with Gasteiger partial charge >= 0.3 is 0 Å². The van der Waals surface area contributed by atoms with E-state index in [1.165, 1.54) is 18.4 Å². The Labute approximate surface area is 136 Å². The summed E-state index contributed by atoms with van der Waals surface area (Å²) < 4.78 is 0. The smallest absolute Gasteiger partial charge is 0.228 e. The molecule has 22 heavy (non-hydrogen) atoms. The van der Waals surface area contributed by atoms with Gasteiger partial charge in [0.05, 0.1) is 12.1 Å². The Morgan fingerprint density at radius 2 is 2.00 bits per heavy atom. The highest BCUT2D eigenvalue weighted by molar-refractivity contribution is 7.13. The topological polar surface area (TPSA) is 33.2 Å². The number of nitrogens with zero attached hydrogens (tertiary/aromatic N) is 2. The van der Waals surface area contributed by atoms with E-state index in [4.69, 9.17) is 0 Å². The largest absolute Gasteiger partial charge is 0.342 e. The molecule has 0 bridgehead atoms. The molecule has 116 valence electrons. The van der Waals surface area contributed by atoms with Crippen molar-refractivity contribution in [2.75, 3.05) is 13.1 Å². The lowest BCUT2D eigenvalue weighted by molar-refractivity contribution is -0.130. The van der Waals surface area contributed by atoms with Crippen LogP contribution in [-0.2, 0) is 11.2 Å². The third-order valence-corrected chi connectivity index (χ3v) is 5.05. The summed E-state index contributed by atoms with van der Waals surface area (Å²) in [5.74, 6) is 0.225. The second kappa shape index (κ2) is 7.05. The number of benzene rings is 1. The van der Waals surface area contributed by atoms with E-state index in [1.807, 2.05) is 16.3 Å². The highest BCUT2D eigenvalue weighted by atomic mass is 32.1. The summed E-state index contributed by atoms with van der Waals surface area (Å²) in [6, 6.07) is 8.35. The summed E-state index contributed by atoms with van der Waals surface area (Å²) in [6.45, 7) is 3.91. The number of carbonyl (C=O) groups is 1. The molecule has 4 heteroatoms. The Hall–Kier alpha value is -1.68. The predicted octanol–water partition coefficient (Wildman–Crippen LogP) is 4.06. The molecule has 0 unspecified atom stereocenters. The third-order valence-electron chi connectivity index (χ3n) is 4.11. The maximum atomic E-state index is 12.4. The predicted molar refractivity (Wildman–Crippen MR) is 91.0 cm³/mol. The van der Waals surface area contributed by atoms with Gasteiger partial charge in [0.15, 0.2) is 0 Å². The number of aromatic nitrogens is 1. The van der Waals surface area contributed by atoms with Crippen LogP contribution in [0.15, 0.2) is 29.6 Å². The van der Waals surface area contributed by atoms with E-state index in [1.54, 1.807) is 11.3 Å². The Bertz CT molecular complexity index is 642. The second-order valence-electron chi connectivity index (χ2n) is 5.99. The van der Waals surface area contributed by atoms with Gasteiger partial charge in [0.25, 0.3) is 0 Å². The minimum atomic E-state index is 0.225. The van der Waals surface area contributed by atoms with Crippen molar-refractivity contribution in [1.82, 2.24) is 9.88 Å². The molecule has 2 heterocycles. The molecule has 1 saturated heterocycles. The Balaban J connectivity index is 1.67. The molecule has 1 aliphatic heterocycles. The average Bonchev–Trinajstić information content (AvgIpc) is 2.80. The van der Waals surface area contributed by atoms with Gasteiger partial charge in [-0.25, -0.2) is 4.98 Å². The van der Waals surface area contributed by atoms with Crippen LogP contribution in [0.25, 0.3) is 10.6 Å². The maximum absolute atomic E-state index is 12.4. The van der Waals surface area contributed by atoms with Crippen molar-refractivity contribution in [3.8, 4) is 10.6 Å². The van der Waals surface area contributed by atoms with Crippen LogP contribution in [0, 0.1) is 6.92 Å². The van der Waals surface area contributed by atoms with E-state index in [-0.39, 0.29) is 5.91 Å². The average molecular weight is 314 g/mol. The van der Waals surface area contributed by atoms with Gasteiger partial charge in [0.2, 0.25) is 5.91 Å². The number of carbonyl (C=O) groups excluding carboxylic acids is 1. The van der Waals surface area contributed by atoms with E-state index < -0.39 is 0 Å². The van der Waals surface area contributed by atoms with Crippen LogP contribution < -0.4 is 0 Å². The zero-order valence-corrected chi connectivity index (χ0v) is 13.9. The van der Waals surface area contributed by atoms with Gasteiger partial charge in [-0.15, -0.1) is 11.3 Å². The van der Waals surface area contributed by atoms with Crippen molar-refractivity contribution in [3.63, 3.8) is 0 Å². The van der Waals surface area contributed by atoms with Crippen LogP contribution in [0.2, 0.25) is 0 Å². The molecule has 3 nitrogen and oxygen atoms in total. The molecular weight excluding hydrogens is 292 g/mol. The number of hydrogen-bond donors (Lipinski definition) is 0. The summed E-state index contributed by atoms with van der Waals surface area (Å²) in [7, 11) is 0. The number of hydrogen-bond acceptors (Lipinski definition) is 3. The third kappa shape index (κ3) is 3.74. The van der Waals surface area contributed by atoms with Gasteiger partial charge < -0.3 is 4.90 Å². The van der Waals surface area contributed by atoms with Crippen molar-refractivity contribution in [3.05, 3.63) is 40.9 Å². The molecule has 0 radical (unpaired) electrons. The molecule has 1 aromatic carbocycles. The SMILES string of the molecule is Cc1cccc(-c2nc(CC(=O)N3CCCCCC3)cs2)c1. The fraction of sp³-hybridized carbons (Fsp3) is 0.444. The van der Waals surface area contributed by atoms with E-state index in [0.717, 1.165) is 42.2 Å². The fourth-order valence-corrected chi connectivity index (χ4v) is 3.70. The summed E-state index contributed by atoms with van der Waals surface area (Å²) in [4.78, 5) is 19.1. The highest BCUT2D eigenvalue weighted by Gasteiger charge is 2.17. The van der Waals surface area contributed by atoms with Gasteiger partial charge in [-0.05, 0) is 25.8 Å². The molecule has 0 aliphatic carbocycles. The molecule has 3 rings (SSSR count). The lowest BCUT2D eigenvalue weighted by Crippen LogP contribution is -2.33. The van der Waals surface area contributed by atoms with Crippen LogP contribution in [0.1, 0.15) is 36.9 Å². The van der Waals surface area contributed by atoms with Crippen molar-refractivity contribution < 1.29 is 4.79 Å². The second-order valence-corrected chi connectivity index (χ2v) is 6.84. The monoisotopic (exact) mass is 314 g/mol. The number of rotatable bonds is 3. The number of thiazole rings is 1. The summed E-state index contributed by atoms with van der Waals surface area (Å²) in [5.41, 5.74) is 3.27. The standard InChI is InChI=1S/C18H22N2OS/c1-14-7-6-8-15(11-14)18-19-16(13-22-18)12-17(21)20-9-4-2-3-5-10-20/h6-8,11,13H,2-5,9-10,12H2,1H3. The molecule has 0 saturated carbocycles. The molecule has 1 fully saturated rings. The van der Waals surface area contributed by atoms with Crippen molar-refractivity contribution in [2.45, 2.75) is 39.0 Å². The number of amides is 1. The van der Waals surface area contributed by atoms with Crippen molar-refractivity contribution >= 4 is 17.2 Å². The van der Waals surface area contributed by atoms with Gasteiger partial charge in [-0.3, -0.25) is 4.79 Å². The summed E-state index contributed by atoms with van der Waals surface area (Å²) in [6.07, 6.45) is 5.20. The zero-order valence-electron chi connectivity index (χ0n) is 13.0. The molecular formula is C18H22N2OS. The van der Waals surface area contributed by atoms with Gasteiger partial charge in [0.1, 0.15) is 5.01 Å². The normalized spacial score (nSPS) is 15.6. The maximum Gasteiger partial charge on any atom is 0.228 e. The van der Waals surface area contributed by atoms with E-state index in [9.17, 15) is 4.79 Å². The molecule has 1 aromatic heterocycles. The van der Waals surface area contributed by atoms with E-state index in [0.29, 0.717) is 6.42 Å². The van der Waals surface area contributed by atoms with Crippen LogP contribution in [-0.4, -0.2) is 28.9 Å². The minimum absolute atomic E-state index is 0.225. The molecule has 1 aliphatic rings. The Morgan fingerprint density at radius 3 is 2.73 bits per heavy atom. The first-order chi connectivity index (χ1) is 10.7. The van der Waals surface area contributed by atoms with E-state index >= 15 is 0 Å². The van der Waals surface area contributed by atoms with Gasteiger partial charge in [0, 0.05) is 24.0 Å². The van der Waals surface area contributed by atoms with Crippen LogP contribution in [0.3, 0.4) is 0 Å². The van der Waals surface area contributed by atoms with Crippen LogP contribution in [0.5, 0.6) is 0 Å². The molecule has 0 atom stereocenters. The number of likely N-dealkylation sites (tertiary alicyclic amines) is 1. The first-order valence-electron chi connectivity index (χ1n) is 8.01. The lowest BCUT2D eigenvalue weighted by Gasteiger charge is -2.19. The molecule has 0 spiro atoms. The molecule has 0 N–H and O–H groups in total. The molecule has 1 amide bonds. The van der Waals surface area contributed by atoms with Crippen LogP contribution in [0.4, 0.5) is 0 Å². The van der Waals surface area contributed by atoms with Gasteiger partial charge in [-0.2, -0.15) is 0 Å². The van der Waals surface area contributed by atoms with E-state index in [2.05, 4.69) is 30.1 Å². The quantitative estimate of drug-likeness (QED) is 0.856. The lowest BCUT2D eigenvalue weighted by atomic mass is 10.1. The van der Waals surface area contributed by atoms with Gasteiger partial charge in [-0.1, -0.05) is 36.6 Å². The minimum Gasteiger partial charge on any atom is -0.342 e. The number of aryl methyl sites for hydroxylation is 1. The molecule has 2 aromatic rings. The first kappa shape index (κ1) is 15.2. The summed E-state index contributed by atoms with van der Waals surface area (Å²) in [5, 5.41) is 3.02. The Kier molecular flexibility index (Phi) is 4.88. The Morgan fingerprint density at radius 1 is 1.23 bits per heavy atom. The van der Waals surface area contributed by atoms with Crippen molar-refractivity contribution in [1.29, 1.82) is 0 Å².